The van der Waals surface area contributed by atoms with Crippen LogP contribution < -0.4 is 4.74 Å². The molecule has 0 saturated heterocycles. The topological polar surface area (TPSA) is 106 Å². The number of rotatable bonds is 4. The maximum Gasteiger partial charge on any atom is 0.490 e. The van der Waals surface area contributed by atoms with E-state index in [0.29, 0.717) is 38.3 Å². The van der Waals surface area contributed by atoms with Crippen molar-refractivity contribution < 1.29 is 37.1 Å². The van der Waals surface area contributed by atoms with E-state index in [1.54, 1.807) is 12.4 Å². The highest BCUT2D eigenvalue weighted by molar-refractivity contribution is 5.77. The van der Waals surface area contributed by atoms with Gasteiger partial charge < -0.3 is 19.3 Å². The summed E-state index contributed by atoms with van der Waals surface area (Å²) in [6, 6.07) is 3.67. The molecule has 1 aliphatic rings. The van der Waals surface area contributed by atoms with Gasteiger partial charge >= 0.3 is 12.1 Å². The number of amides is 1. The third-order valence-corrected chi connectivity index (χ3v) is 4.20. The zero-order valence-corrected chi connectivity index (χ0v) is 17.4. The molecule has 0 bridgehead atoms. The molecular formula is C20H24F3N3O5. The fourth-order valence-corrected chi connectivity index (χ4v) is 2.74. The number of halogens is 3. The van der Waals surface area contributed by atoms with Crippen molar-refractivity contribution in [2.75, 3.05) is 6.54 Å². The molecule has 0 spiro atoms. The Labute approximate surface area is 177 Å². The number of hydrogen-bond donors (Lipinski definition) is 1. The van der Waals surface area contributed by atoms with E-state index in [9.17, 15) is 18.0 Å². The molecule has 0 fully saturated rings. The van der Waals surface area contributed by atoms with E-state index in [4.69, 9.17) is 19.2 Å². The van der Waals surface area contributed by atoms with Crippen molar-refractivity contribution >= 4 is 11.9 Å². The molecular weight excluding hydrogens is 419 g/mol. The number of aromatic nitrogens is 2. The van der Waals surface area contributed by atoms with Gasteiger partial charge in [0.25, 0.3) is 0 Å². The van der Waals surface area contributed by atoms with E-state index in [1.165, 1.54) is 0 Å². The predicted octanol–water partition coefficient (Wildman–Crippen LogP) is 3.60. The van der Waals surface area contributed by atoms with Crippen molar-refractivity contribution in [2.24, 2.45) is 5.41 Å². The molecule has 1 amide bonds. The summed E-state index contributed by atoms with van der Waals surface area (Å²) in [5.41, 5.74) is 1.72. The van der Waals surface area contributed by atoms with Crippen LogP contribution in [0.15, 0.2) is 29.0 Å². The summed E-state index contributed by atoms with van der Waals surface area (Å²) in [5, 5.41) is 11.2. The number of hydrogen-bond acceptors (Lipinski definition) is 6. The summed E-state index contributed by atoms with van der Waals surface area (Å²) < 4.78 is 42.9. The van der Waals surface area contributed by atoms with Gasteiger partial charge in [-0.25, -0.2) is 4.79 Å². The Balaban J connectivity index is 0.000000423. The zero-order valence-electron chi connectivity index (χ0n) is 17.4. The Kier molecular flexibility index (Phi) is 7.64. The summed E-state index contributed by atoms with van der Waals surface area (Å²) in [7, 11) is 0. The SMILES string of the molecule is CC(C)(C)CC(=O)N1CCc2onc(COc3cccnc3)c2C1.O=C(O)C(F)(F)F. The Hall–Kier alpha value is -3.11. The van der Waals surface area contributed by atoms with Crippen molar-refractivity contribution in [1.29, 1.82) is 0 Å². The van der Waals surface area contributed by atoms with E-state index >= 15 is 0 Å². The van der Waals surface area contributed by atoms with Crippen LogP contribution in [0.25, 0.3) is 0 Å². The molecule has 2 aromatic rings. The smallest absolute Gasteiger partial charge is 0.486 e. The number of fused-ring (bicyclic) bond motifs is 1. The Morgan fingerprint density at radius 3 is 2.52 bits per heavy atom. The maximum absolute atomic E-state index is 12.5. The van der Waals surface area contributed by atoms with Crippen LogP contribution in [0.1, 0.15) is 44.2 Å². The molecule has 1 aliphatic heterocycles. The monoisotopic (exact) mass is 443 g/mol. The van der Waals surface area contributed by atoms with Crippen molar-refractivity contribution in [3.63, 3.8) is 0 Å². The molecule has 11 heteroatoms. The van der Waals surface area contributed by atoms with Crippen molar-refractivity contribution in [1.82, 2.24) is 15.0 Å². The van der Waals surface area contributed by atoms with Crippen LogP contribution in [0.5, 0.6) is 5.75 Å². The first kappa shape index (κ1) is 24.2. The van der Waals surface area contributed by atoms with Crippen LogP contribution in [-0.2, 0) is 29.2 Å². The van der Waals surface area contributed by atoms with E-state index < -0.39 is 12.1 Å². The van der Waals surface area contributed by atoms with Gasteiger partial charge in [0.1, 0.15) is 23.8 Å². The number of ether oxygens (including phenoxy) is 1. The number of carboxylic acid groups (broad SMARTS) is 1. The Morgan fingerprint density at radius 2 is 1.97 bits per heavy atom. The molecule has 8 nitrogen and oxygen atoms in total. The fourth-order valence-electron chi connectivity index (χ4n) is 2.74. The highest BCUT2D eigenvalue weighted by Gasteiger charge is 2.38. The van der Waals surface area contributed by atoms with Gasteiger partial charge in [-0.1, -0.05) is 25.9 Å². The highest BCUT2D eigenvalue weighted by atomic mass is 19.4. The van der Waals surface area contributed by atoms with Gasteiger partial charge in [0.05, 0.1) is 12.7 Å². The first-order chi connectivity index (χ1) is 14.4. The molecule has 0 radical (unpaired) electrons. The van der Waals surface area contributed by atoms with Gasteiger partial charge in [-0.2, -0.15) is 13.2 Å². The van der Waals surface area contributed by atoms with Gasteiger partial charge in [-0.15, -0.1) is 0 Å². The fraction of sp³-hybridized carbons (Fsp3) is 0.500. The standard InChI is InChI=1S/C18H23N3O3.C2HF3O2/c1-18(2,3)9-17(22)21-8-6-16-14(11-21)15(20-24-16)12-23-13-5-4-7-19-10-13;3-2(4,5)1(6)7/h4-5,7,10H,6,8-9,11-12H2,1-3H3;(H,6,7). The minimum atomic E-state index is -5.08. The molecule has 0 aromatic carbocycles. The van der Waals surface area contributed by atoms with E-state index in [0.717, 1.165) is 17.0 Å². The second kappa shape index (κ2) is 9.80. The number of nitrogens with zero attached hydrogens (tertiary/aromatic N) is 3. The average molecular weight is 443 g/mol. The summed E-state index contributed by atoms with van der Waals surface area (Å²) >= 11 is 0. The molecule has 0 unspecified atom stereocenters. The highest BCUT2D eigenvalue weighted by Crippen LogP contribution is 2.26. The Bertz CT molecular complexity index is 892. The first-order valence-electron chi connectivity index (χ1n) is 9.44. The van der Waals surface area contributed by atoms with Crippen LogP contribution in [0.3, 0.4) is 0 Å². The van der Waals surface area contributed by atoms with E-state index in [-0.39, 0.29) is 11.3 Å². The van der Waals surface area contributed by atoms with Gasteiger partial charge in [0, 0.05) is 31.1 Å². The lowest BCUT2D eigenvalue weighted by Crippen LogP contribution is -2.37. The molecule has 0 aliphatic carbocycles. The average Bonchev–Trinajstić information content (AvgIpc) is 3.08. The molecule has 31 heavy (non-hydrogen) atoms. The first-order valence-corrected chi connectivity index (χ1v) is 9.44. The van der Waals surface area contributed by atoms with E-state index in [2.05, 4.69) is 30.9 Å². The van der Waals surface area contributed by atoms with Crippen LogP contribution in [0.2, 0.25) is 0 Å². The third kappa shape index (κ3) is 7.58. The van der Waals surface area contributed by atoms with Gasteiger partial charge in [-0.3, -0.25) is 9.78 Å². The zero-order chi connectivity index (χ0) is 23.2. The van der Waals surface area contributed by atoms with Crippen molar-refractivity contribution in [2.45, 2.75) is 52.9 Å². The number of carbonyl (C=O) groups excluding carboxylic acids is 1. The molecule has 3 rings (SSSR count). The minimum absolute atomic E-state index is 0.0156. The number of alkyl halides is 3. The van der Waals surface area contributed by atoms with E-state index in [1.807, 2.05) is 17.0 Å². The number of aliphatic carboxylic acids is 1. The van der Waals surface area contributed by atoms with Crippen LogP contribution in [0.4, 0.5) is 13.2 Å². The van der Waals surface area contributed by atoms with Gasteiger partial charge in [0.15, 0.2) is 0 Å². The number of carboxylic acids is 1. The Morgan fingerprint density at radius 1 is 1.29 bits per heavy atom. The molecule has 170 valence electrons. The van der Waals surface area contributed by atoms with Crippen LogP contribution in [-0.4, -0.2) is 44.7 Å². The molecule has 3 heterocycles. The second-order valence-electron chi connectivity index (χ2n) is 8.11. The number of pyridine rings is 1. The van der Waals surface area contributed by atoms with Crippen molar-refractivity contribution in [3.05, 3.63) is 41.5 Å². The summed E-state index contributed by atoms with van der Waals surface area (Å²) in [6.45, 7) is 7.76. The van der Waals surface area contributed by atoms with Crippen LogP contribution in [0, 0.1) is 5.41 Å². The lowest BCUT2D eigenvalue weighted by atomic mass is 9.91. The normalized spacial score (nSPS) is 13.7. The van der Waals surface area contributed by atoms with Crippen LogP contribution >= 0.6 is 0 Å². The third-order valence-electron chi connectivity index (χ3n) is 4.20. The molecule has 0 atom stereocenters. The molecule has 0 saturated carbocycles. The van der Waals surface area contributed by atoms with Crippen molar-refractivity contribution in [3.8, 4) is 5.75 Å². The quantitative estimate of drug-likeness (QED) is 0.770. The van der Waals surface area contributed by atoms with Gasteiger partial charge in [-0.05, 0) is 17.5 Å². The second-order valence-corrected chi connectivity index (χ2v) is 8.11. The molecule has 2 aromatic heterocycles. The lowest BCUT2D eigenvalue weighted by Gasteiger charge is -2.29. The summed E-state index contributed by atoms with van der Waals surface area (Å²) in [4.78, 5) is 27.3. The molecule has 1 N–H and O–H groups in total. The lowest BCUT2D eigenvalue weighted by molar-refractivity contribution is -0.192. The maximum atomic E-state index is 12.5. The van der Waals surface area contributed by atoms with Gasteiger partial charge in [0.2, 0.25) is 5.91 Å². The summed E-state index contributed by atoms with van der Waals surface area (Å²) in [6.07, 6.45) is -0.491. The predicted molar refractivity (Wildman–Crippen MR) is 102 cm³/mol. The summed E-state index contributed by atoms with van der Waals surface area (Å²) in [5.74, 6) is -1.04. The largest absolute Gasteiger partial charge is 0.490 e. The number of carbonyl (C=O) groups is 2. The minimum Gasteiger partial charge on any atom is -0.486 e.